The van der Waals surface area contributed by atoms with Crippen molar-refractivity contribution in [2.75, 3.05) is 0 Å². The van der Waals surface area contributed by atoms with Crippen molar-refractivity contribution in [3.8, 4) is 0 Å². The second kappa shape index (κ2) is 6.07. The summed E-state index contributed by atoms with van der Waals surface area (Å²) in [7, 11) is 0. The Kier molecular flexibility index (Phi) is 4.93. The molecule has 1 aromatic carbocycles. The van der Waals surface area contributed by atoms with Gasteiger partial charge in [0.25, 0.3) is 0 Å². The molecule has 0 saturated heterocycles. The minimum Gasteiger partial charge on any atom is -0.460 e. The molecule has 0 saturated carbocycles. The molecule has 0 aliphatic carbocycles. The Morgan fingerprint density at radius 2 is 1.40 bits per heavy atom. The van der Waals surface area contributed by atoms with Crippen LogP contribution in [-0.4, -0.2) is 17.5 Å². The van der Waals surface area contributed by atoms with Crippen molar-refractivity contribution in [3.05, 3.63) is 35.9 Å². The first kappa shape index (κ1) is 16.2. The lowest BCUT2D eigenvalue weighted by Gasteiger charge is -2.26. The Balaban J connectivity index is 2.60. The fourth-order valence-electron chi connectivity index (χ4n) is 1.71. The Bertz CT molecular complexity index is 469. The maximum absolute atomic E-state index is 11.8. The molecule has 0 unspecified atom stereocenters. The van der Waals surface area contributed by atoms with Gasteiger partial charge >= 0.3 is 11.9 Å². The molecule has 0 atom stereocenters. The average molecular weight is 278 g/mol. The predicted molar refractivity (Wildman–Crippen MR) is 76.0 cm³/mol. The molecule has 0 fully saturated rings. The van der Waals surface area contributed by atoms with E-state index in [0.29, 0.717) is 0 Å². The van der Waals surface area contributed by atoms with Crippen molar-refractivity contribution in [3.63, 3.8) is 0 Å². The van der Waals surface area contributed by atoms with Crippen LogP contribution in [0.4, 0.5) is 0 Å². The molecule has 1 aromatic rings. The number of esters is 2. The maximum atomic E-state index is 11.8. The van der Waals surface area contributed by atoms with Gasteiger partial charge in [-0.25, -0.2) is 0 Å². The van der Waals surface area contributed by atoms with Crippen LogP contribution in [0.25, 0.3) is 0 Å². The van der Waals surface area contributed by atoms with Gasteiger partial charge in [-0.2, -0.15) is 0 Å². The Labute approximate surface area is 120 Å². The third-order valence-electron chi connectivity index (χ3n) is 2.55. The number of hydrogen-bond acceptors (Lipinski definition) is 4. The van der Waals surface area contributed by atoms with Crippen LogP contribution in [0.5, 0.6) is 0 Å². The highest BCUT2D eigenvalue weighted by Crippen LogP contribution is 2.25. The van der Waals surface area contributed by atoms with Gasteiger partial charge in [-0.1, -0.05) is 30.3 Å². The van der Waals surface area contributed by atoms with E-state index in [9.17, 15) is 9.59 Å². The molecule has 0 aliphatic rings. The zero-order valence-corrected chi connectivity index (χ0v) is 12.7. The normalized spacial score (nSPS) is 11.8. The predicted octanol–water partition coefficient (Wildman–Crippen LogP) is 3.20. The molecular weight excluding hydrogens is 256 g/mol. The highest BCUT2D eigenvalue weighted by molar-refractivity contribution is 5.91. The van der Waals surface area contributed by atoms with E-state index >= 15 is 0 Å². The van der Waals surface area contributed by atoms with E-state index in [1.54, 1.807) is 34.6 Å². The second-order valence-electron chi connectivity index (χ2n) is 6.11. The second-order valence-corrected chi connectivity index (χ2v) is 6.11. The molecule has 0 N–H and O–H groups in total. The van der Waals surface area contributed by atoms with Gasteiger partial charge < -0.3 is 9.47 Å². The smallest absolute Gasteiger partial charge is 0.318 e. The molecule has 0 aliphatic heterocycles. The summed E-state index contributed by atoms with van der Waals surface area (Å²) < 4.78 is 10.5. The van der Waals surface area contributed by atoms with Crippen LogP contribution in [0.15, 0.2) is 30.3 Å². The molecule has 0 aromatic heterocycles. The number of benzene rings is 1. The van der Waals surface area contributed by atoms with Gasteiger partial charge in [-0.05, 0) is 40.2 Å². The van der Waals surface area contributed by atoms with Gasteiger partial charge in [0.05, 0.1) is 0 Å². The summed E-state index contributed by atoms with van der Waals surface area (Å²) in [5.41, 5.74) is -0.510. The molecular formula is C16H22O4. The summed E-state index contributed by atoms with van der Waals surface area (Å²) in [5.74, 6) is -1.17. The third-order valence-corrected chi connectivity index (χ3v) is 2.55. The van der Waals surface area contributed by atoms with E-state index in [0.717, 1.165) is 5.56 Å². The minimum absolute atomic E-state index is 0.381. The van der Waals surface area contributed by atoms with Crippen LogP contribution < -0.4 is 0 Å². The SMILES string of the molecule is CC(C)(C)OC(=O)CC(=O)OC(C)(C)c1ccccc1. The van der Waals surface area contributed by atoms with Crippen molar-refractivity contribution in [1.82, 2.24) is 0 Å². The minimum atomic E-state index is -0.777. The molecule has 20 heavy (non-hydrogen) atoms. The summed E-state index contributed by atoms with van der Waals surface area (Å²) in [6, 6.07) is 9.39. The first-order valence-corrected chi connectivity index (χ1v) is 6.59. The van der Waals surface area contributed by atoms with E-state index in [1.807, 2.05) is 30.3 Å². The molecule has 0 radical (unpaired) electrons. The number of carbonyl (C=O) groups excluding carboxylic acids is 2. The summed E-state index contributed by atoms with van der Waals surface area (Å²) in [5, 5.41) is 0. The third kappa shape index (κ3) is 5.43. The zero-order valence-electron chi connectivity index (χ0n) is 12.7. The number of carbonyl (C=O) groups is 2. The van der Waals surface area contributed by atoms with E-state index in [2.05, 4.69) is 0 Å². The average Bonchev–Trinajstić information content (AvgIpc) is 2.26. The van der Waals surface area contributed by atoms with Crippen LogP contribution in [-0.2, 0) is 24.7 Å². The van der Waals surface area contributed by atoms with Crippen molar-refractivity contribution in [2.45, 2.75) is 52.2 Å². The maximum Gasteiger partial charge on any atom is 0.318 e. The quantitative estimate of drug-likeness (QED) is 0.627. The van der Waals surface area contributed by atoms with E-state index in [4.69, 9.17) is 9.47 Å². The summed E-state index contributed by atoms with van der Waals surface area (Å²) in [6.07, 6.45) is -0.381. The lowest BCUT2D eigenvalue weighted by atomic mass is 9.98. The molecule has 0 heterocycles. The Morgan fingerprint density at radius 1 is 0.900 bits per heavy atom. The monoisotopic (exact) mass is 278 g/mol. The Hall–Kier alpha value is -1.84. The zero-order chi connectivity index (χ0) is 15.4. The van der Waals surface area contributed by atoms with Crippen LogP contribution >= 0.6 is 0 Å². The van der Waals surface area contributed by atoms with Gasteiger partial charge in [-0.3, -0.25) is 9.59 Å². The van der Waals surface area contributed by atoms with Crippen LogP contribution in [0, 0.1) is 0 Å². The lowest BCUT2D eigenvalue weighted by Crippen LogP contribution is -2.29. The summed E-state index contributed by atoms with van der Waals surface area (Å²) in [6.45, 7) is 8.84. The highest BCUT2D eigenvalue weighted by atomic mass is 16.6. The number of ether oxygens (including phenoxy) is 2. The fourth-order valence-corrected chi connectivity index (χ4v) is 1.71. The van der Waals surface area contributed by atoms with E-state index in [-0.39, 0.29) is 6.42 Å². The van der Waals surface area contributed by atoms with Crippen LogP contribution in [0.2, 0.25) is 0 Å². The van der Waals surface area contributed by atoms with Crippen molar-refractivity contribution in [2.24, 2.45) is 0 Å². The van der Waals surface area contributed by atoms with Gasteiger partial charge in [0, 0.05) is 0 Å². The van der Waals surface area contributed by atoms with Crippen molar-refractivity contribution < 1.29 is 19.1 Å². The number of rotatable bonds is 4. The Morgan fingerprint density at radius 3 is 1.90 bits per heavy atom. The van der Waals surface area contributed by atoms with Crippen LogP contribution in [0.1, 0.15) is 46.6 Å². The molecule has 0 bridgehead atoms. The summed E-state index contributed by atoms with van der Waals surface area (Å²) >= 11 is 0. The van der Waals surface area contributed by atoms with Gasteiger partial charge in [0.1, 0.15) is 17.6 Å². The number of hydrogen-bond donors (Lipinski definition) is 0. The van der Waals surface area contributed by atoms with Crippen LogP contribution in [0.3, 0.4) is 0 Å². The topological polar surface area (TPSA) is 52.6 Å². The standard InChI is InChI=1S/C16H22O4/c1-15(2,3)19-13(17)11-14(18)20-16(4,5)12-9-7-6-8-10-12/h6-10H,11H2,1-5H3. The highest BCUT2D eigenvalue weighted by Gasteiger charge is 2.27. The molecule has 110 valence electrons. The van der Waals surface area contributed by atoms with E-state index < -0.39 is 23.1 Å². The molecule has 4 heteroatoms. The summed E-state index contributed by atoms with van der Waals surface area (Å²) in [4.78, 5) is 23.4. The lowest BCUT2D eigenvalue weighted by molar-refractivity contribution is -0.167. The molecule has 0 spiro atoms. The largest absolute Gasteiger partial charge is 0.460 e. The fraction of sp³-hybridized carbons (Fsp3) is 0.500. The van der Waals surface area contributed by atoms with Gasteiger partial charge in [0.2, 0.25) is 0 Å². The first-order chi connectivity index (χ1) is 9.10. The molecule has 4 nitrogen and oxygen atoms in total. The van der Waals surface area contributed by atoms with Gasteiger partial charge in [-0.15, -0.1) is 0 Å². The van der Waals surface area contributed by atoms with E-state index in [1.165, 1.54) is 0 Å². The first-order valence-electron chi connectivity index (χ1n) is 6.59. The van der Waals surface area contributed by atoms with Gasteiger partial charge in [0.15, 0.2) is 0 Å². The molecule has 0 amide bonds. The van der Waals surface area contributed by atoms with Crippen molar-refractivity contribution in [1.29, 1.82) is 0 Å². The van der Waals surface area contributed by atoms with Crippen molar-refractivity contribution >= 4 is 11.9 Å². The molecule has 1 rings (SSSR count).